The lowest BCUT2D eigenvalue weighted by Gasteiger charge is -2.45. The van der Waals surface area contributed by atoms with Crippen LogP contribution in [0, 0.1) is 0 Å². The fraction of sp³-hybridized carbons (Fsp3) is 0.394. The molecule has 0 fully saturated rings. The molecule has 0 aromatic heterocycles. The zero-order valence-electron chi connectivity index (χ0n) is 22.3. The van der Waals surface area contributed by atoms with Gasteiger partial charge in [-0.15, -0.1) is 0 Å². The molecular weight excluding hydrogens is 440 g/mol. The van der Waals surface area contributed by atoms with Gasteiger partial charge in [0, 0.05) is 0 Å². The predicted molar refractivity (Wildman–Crippen MR) is 156 cm³/mol. The maximum Gasteiger partial charge on any atom is 0.261 e. The Morgan fingerprint density at radius 2 is 1.17 bits per heavy atom. The van der Waals surface area contributed by atoms with Crippen LogP contribution < -0.4 is 10.4 Å². The van der Waals surface area contributed by atoms with Crippen LogP contribution in [0.3, 0.4) is 0 Å². The molecule has 0 amide bonds. The molecule has 1 atom stereocenters. The SMILES string of the molecule is CCCCCCCCC(/C=C/c1ccccc1)O[Si](c1ccccc1)(c1ccccc1)C(C)(C)C. The van der Waals surface area contributed by atoms with E-state index in [4.69, 9.17) is 4.43 Å². The zero-order valence-corrected chi connectivity index (χ0v) is 23.3. The van der Waals surface area contributed by atoms with Crippen LogP contribution in [-0.2, 0) is 4.43 Å². The van der Waals surface area contributed by atoms with E-state index in [0.717, 1.165) is 6.42 Å². The van der Waals surface area contributed by atoms with Crippen LogP contribution in [0.5, 0.6) is 0 Å². The first-order chi connectivity index (χ1) is 17.0. The molecule has 0 heterocycles. The highest BCUT2D eigenvalue weighted by atomic mass is 28.4. The van der Waals surface area contributed by atoms with Crippen molar-refractivity contribution >= 4 is 24.8 Å². The fourth-order valence-electron chi connectivity index (χ4n) is 5.02. The summed E-state index contributed by atoms with van der Waals surface area (Å²) in [6.07, 6.45) is 13.5. The fourth-order valence-corrected chi connectivity index (χ4v) is 9.69. The van der Waals surface area contributed by atoms with E-state index in [2.05, 4.69) is 131 Å². The van der Waals surface area contributed by atoms with Gasteiger partial charge < -0.3 is 4.43 Å². The first kappa shape index (κ1) is 27.2. The van der Waals surface area contributed by atoms with Gasteiger partial charge in [-0.3, -0.25) is 0 Å². The van der Waals surface area contributed by atoms with Gasteiger partial charge in [-0.1, -0.05) is 169 Å². The van der Waals surface area contributed by atoms with Crippen molar-refractivity contribution < 1.29 is 4.43 Å². The monoisotopic (exact) mass is 484 g/mol. The Labute approximate surface area is 215 Å². The molecule has 0 saturated carbocycles. The van der Waals surface area contributed by atoms with Crippen molar-refractivity contribution in [1.82, 2.24) is 0 Å². The van der Waals surface area contributed by atoms with Crippen LogP contribution in [0.2, 0.25) is 5.04 Å². The number of benzene rings is 3. The third-order valence-electron chi connectivity index (χ3n) is 6.89. The van der Waals surface area contributed by atoms with Crippen molar-refractivity contribution in [2.75, 3.05) is 0 Å². The van der Waals surface area contributed by atoms with Gasteiger partial charge in [0.15, 0.2) is 0 Å². The van der Waals surface area contributed by atoms with Gasteiger partial charge in [0.25, 0.3) is 8.32 Å². The topological polar surface area (TPSA) is 9.23 Å². The average molecular weight is 485 g/mol. The normalized spacial score (nSPS) is 13.3. The summed E-state index contributed by atoms with van der Waals surface area (Å²) in [5.74, 6) is 0. The molecule has 0 aliphatic heterocycles. The Kier molecular flexibility index (Phi) is 10.6. The van der Waals surface area contributed by atoms with E-state index >= 15 is 0 Å². The molecule has 0 spiro atoms. The van der Waals surface area contributed by atoms with Gasteiger partial charge in [-0.05, 0) is 27.4 Å². The zero-order chi connectivity index (χ0) is 25.0. The summed E-state index contributed by atoms with van der Waals surface area (Å²) in [6, 6.07) is 32.6. The summed E-state index contributed by atoms with van der Waals surface area (Å²) < 4.78 is 7.48. The third kappa shape index (κ3) is 7.53. The first-order valence-electron chi connectivity index (χ1n) is 13.5. The second kappa shape index (κ2) is 13.6. The molecule has 0 saturated heterocycles. The Morgan fingerprint density at radius 3 is 1.69 bits per heavy atom. The lowest BCUT2D eigenvalue weighted by Crippen LogP contribution is -2.67. The molecule has 0 radical (unpaired) electrons. The molecule has 0 N–H and O–H groups in total. The number of unbranched alkanes of at least 4 members (excludes halogenated alkanes) is 5. The van der Waals surface area contributed by atoms with Crippen LogP contribution >= 0.6 is 0 Å². The van der Waals surface area contributed by atoms with E-state index < -0.39 is 8.32 Å². The summed E-state index contributed by atoms with van der Waals surface area (Å²) >= 11 is 0. The number of hydrogen-bond donors (Lipinski definition) is 0. The molecule has 0 bridgehead atoms. The van der Waals surface area contributed by atoms with Gasteiger partial charge in [0.2, 0.25) is 0 Å². The van der Waals surface area contributed by atoms with Crippen LogP contribution in [0.1, 0.15) is 78.2 Å². The van der Waals surface area contributed by atoms with E-state index in [-0.39, 0.29) is 11.1 Å². The van der Waals surface area contributed by atoms with Crippen molar-refractivity contribution in [3.63, 3.8) is 0 Å². The maximum atomic E-state index is 7.48. The second-order valence-corrected chi connectivity index (χ2v) is 14.9. The summed E-state index contributed by atoms with van der Waals surface area (Å²) in [5, 5.41) is 2.68. The molecule has 0 aliphatic rings. The third-order valence-corrected chi connectivity index (χ3v) is 12.0. The highest BCUT2D eigenvalue weighted by Gasteiger charge is 2.51. The highest BCUT2D eigenvalue weighted by Crippen LogP contribution is 2.38. The minimum absolute atomic E-state index is 0.0182. The van der Waals surface area contributed by atoms with Crippen LogP contribution in [0.15, 0.2) is 97.1 Å². The average Bonchev–Trinajstić information content (AvgIpc) is 2.88. The Morgan fingerprint density at radius 1 is 0.686 bits per heavy atom. The van der Waals surface area contributed by atoms with Crippen molar-refractivity contribution in [3.05, 3.63) is 103 Å². The quantitative estimate of drug-likeness (QED) is 0.175. The van der Waals surface area contributed by atoms with Gasteiger partial charge in [-0.25, -0.2) is 0 Å². The smallest absolute Gasteiger partial charge is 0.261 e. The van der Waals surface area contributed by atoms with E-state index in [1.54, 1.807) is 0 Å². The number of rotatable bonds is 13. The first-order valence-corrected chi connectivity index (χ1v) is 15.4. The predicted octanol–water partition coefficient (Wildman–Crippen LogP) is 8.40. The molecule has 0 aliphatic carbocycles. The molecule has 1 unspecified atom stereocenters. The summed E-state index contributed by atoms with van der Waals surface area (Å²) in [6.45, 7) is 9.37. The molecule has 3 aromatic rings. The van der Waals surface area contributed by atoms with Gasteiger partial charge in [0.1, 0.15) is 0 Å². The maximum absolute atomic E-state index is 7.48. The molecule has 3 rings (SSSR count). The van der Waals surface area contributed by atoms with E-state index in [1.807, 2.05) is 0 Å². The highest BCUT2D eigenvalue weighted by molar-refractivity contribution is 6.99. The van der Waals surface area contributed by atoms with Gasteiger partial charge >= 0.3 is 0 Å². The minimum Gasteiger partial charge on any atom is -0.401 e. The lowest BCUT2D eigenvalue weighted by molar-refractivity contribution is 0.219. The Balaban J connectivity index is 1.97. The van der Waals surface area contributed by atoms with Gasteiger partial charge in [-0.2, -0.15) is 0 Å². The lowest BCUT2D eigenvalue weighted by atomic mass is 10.1. The van der Waals surface area contributed by atoms with Crippen molar-refractivity contribution in [2.24, 2.45) is 0 Å². The minimum atomic E-state index is -2.58. The van der Waals surface area contributed by atoms with E-state index in [0.29, 0.717) is 0 Å². The van der Waals surface area contributed by atoms with Crippen LogP contribution in [-0.4, -0.2) is 14.4 Å². The number of hydrogen-bond acceptors (Lipinski definition) is 1. The summed E-state index contributed by atoms with van der Waals surface area (Å²) in [4.78, 5) is 0. The molecule has 1 nitrogen and oxygen atoms in total. The van der Waals surface area contributed by atoms with Crippen molar-refractivity contribution in [2.45, 2.75) is 83.8 Å². The summed E-state index contributed by atoms with van der Waals surface area (Å²) in [7, 11) is -2.58. The second-order valence-electron chi connectivity index (χ2n) is 10.6. The van der Waals surface area contributed by atoms with E-state index in [1.165, 1.54) is 54.5 Å². The van der Waals surface area contributed by atoms with Crippen LogP contribution in [0.4, 0.5) is 0 Å². The largest absolute Gasteiger partial charge is 0.401 e. The summed E-state index contributed by atoms with van der Waals surface area (Å²) in [5.41, 5.74) is 1.23. The molecule has 3 aromatic carbocycles. The van der Waals surface area contributed by atoms with Gasteiger partial charge in [0.05, 0.1) is 6.10 Å². The molecule has 2 heteroatoms. The van der Waals surface area contributed by atoms with E-state index in [9.17, 15) is 0 Å². The standard InChI is InChI=1S/C33H44OSi/c1-5-6-7-8-9-15-22-30(28-27-29-20-13-10-14-21-29)34-35(33(2,3)4,31-23-16-11-17-24-31)32-25-18-12-19-26-32/h10-14,16-21,23-28,30H,5-9,15,22H2,1-4H3/b28-27+. The van der Waals surface area contributed by atoms with Crippen molar-refractivity contribution in [1.29, 1.82) is 0 Å². The van der Waals surface area contributed by atoms with Crippen molar-refractivity contribution in [3.8, 4) is 0 Å². The molecule has 186 valence electrons. The van der Waals surface area contributed by atoms with Crippen LogP contribution in [0.25, 0.3) is 6.08 Å². The molecular formula is C33H44OSi. The Hall–Kier alpha value is -2.42. The molecule has 35 heavy (non-hydrogen) atoms. The Bertz CT molecular complexity index is 950.